The topological polar surface area (TPSA) is 105 Å². The van der Waals surface area contributed by atoms with Crippen molar-refractivity contribution in [3.05, 3.63) is 22.8 Å². The number of aromatic nitrogens is 1. The van der Waals surface area contributed by atoms with Crippen LogP contribution in [0.4, 0.5) is 5.82 Å². The van der Waals surface area contributed by atoms with Gasteiger partial charge < -0.3 is 16.2 Å². The van der Waals surface area contributed by atoms with Gasteiger partial charge in [0.2, 0.25) is 5.91 Å². The molecule has 4 N–H and O–H groups in total. The first-order valence-electron chi connectivity index (χ1n) is 5.81. The molecule has 0 aliphatic carbocycles. The van der Waals surface area contributed by atoms with Crippen LogP contribution in [0.1, 0.15) is 30.6 Å². The van der Waals surface area contributed by atoms with Gasteiger partial charge in [-0.2, -0.15) is 0 Å². The molecule has 0 saturated carbocycles. The number of rotatable bonds is 6. The Balaban J connectivity index is 2.97. The summed E-state index contributed by atoms with van der Waals surface area (Å²) < 4.78 is 0. The molecule has 1 amide bonds. The first kappa shape index (κ1) is 15.2. The van der Waals surface area contributed by atoms with E-state index >= 15 is 0 Å². The zero-order valence-corrected chi connectivity index (χ0v) is 11.4. The van der Waals surface area contributed by atoms with Crippen LogP contribution < -0.4 is 11.1 Å². The normalized spacial score (nSPS) is 13.6. The molecule has 1 aromatic rings. The summed E-state index contributed by atoms with van der Waals surface area (Å²) in [6.45, 7) is 3.71. The Labute approximate surface area is 116 Å². The Morgan fingerprint density at radius 2 is 2.21 bits per heavy atom. The van der Waals surface area contributed by atoms with Crippen molar-refractivity contribution in [2.24, 2.45) is 11.7 Å². The fourth-order valence-corrected chi connectivity index (χ4v) is 1.73. The molecule has 104 valence electrons. The zero-order chi connectivity index (χ0) is 14.6. The van der Waals surface area contributed by atoms with E-state index in [-0.39, 0.29) is 22.3 Å². The highest BCUT2D eigenvalue weighted by Gasteiger charge is 2.24. The number of aliphatic carboxylic acids is 1. The van der Waals surface area contributed by atoms with Gasteiger partial charge in [0.05, 0.1) is 10.6 Å². The van der Waals surface area contributed by atoms with Gasteiger partial charge in [-0.15, -0.1) is 0 Å². The summed E-state index contributed by atoms with van der Waals surface area (Å²) in [4.78, 5) is 26.1. The number of halogens is 1. The Bertz CT molecular complexity index is 493. The maximum atomic E-state index is 11.2. The van der Waals surface area contributed by atoms with Crippen LogP contribution >= 0.6 is 11.6 Å². The van der Waals surface area contributed by atoms with Crippen LogP contribution in [0.5, 0.6) is 0 Å². The molecule has 0 aliphatic heterocycles. The Kier molecular flexibility index (Phi) is 5.11. The lowest BCUT2D eigenvalue weighted by atomic mass is 9.99. The molecule has 2 atom stereocenters. The second kappa shape index (κ2) is 6.38. The second-order valence-corrected chi connectivity index (χ2v) is 4.67. The molecule has 0 fully saturated rings. The molecular weight excluding hydrogens is 270 g/mol. The van der Waals surface area contributed by atoms with Crippen LogP contribution in [0.3, 0.4) is 0 Å². The predicted octanol–water partition coefficient (Wildman–Crippen LogP) is 1.75. The van der Waals surface area contributed by atoms with Gasteiger partial charge in [-0.1, -0.05) is 31.9 Å². The molecule has 1 rings (SSSR count). The zero-order valence-electron chi connectivity index (χ0n) is 10.7. The van der Waals surface area contributed by atoms with Crippen LogP contribution in [0.15, 0.2) is 12.3 Å². The number of carbonyl (C=O) groups is 2. The highest BCUT2D eigenvalue weighted by molar-refractivity contribution is 6.33. The van der Waals surface area contributed by atoms with E-state index in [0.717, 1.165) is 0 Å². The number of carboxylic acids is 1. The molecule has 0 aliphatic rings. The lowest BCUT2D eigenvalue weighted by Crippen LogP contribution is -2.35. The van der Waals surface area contributed by atoms with Gasteiger partial charge >= 0.3 is 5.97 Å². The van der Waals surface area contributed by atoms with Gasteiger partial charge in [-0.3, -0.25) is 4.79 Å². The van der Waals surface area contributed by atoms with Crippen molar-refractivity contribution in [3.8, 4) is 0 Å². The van der Waals surface area contributed by atoms with Gasteiger partial charge in [0, 0.05) is 6.20 Å². The number of nitrogens with one attached hydrogen (secondary N) is 1. The van der Waals surface area contributed by atoms with E-state index in [1.54, 1.807) is 0 Å². The largest absolute Gasteiger partial charge is 0.480 e. The quantitative estimate of drug-likeness (QED) is 0.738. The highest BCUT2D eigenvalue weighted by atomic mass is 35.5. The fraction of sp³-hybridized carbons (Fsp3) is 0.417. The number of anilines is 1. The van der Waals surface area contributed by atoms with Crippen LogP contribution in [-0.4, -0.2) is 28.0 Å². The lowest BCUT2D eigenvalue weighted by Gasteiger charge is -2.21. The van der Waals surface area contributed by atoms with Crippen LogP contribution in [0.2, 0.25) is 5.02 Å². The number of hydrogen-bond acceptors (Lipinski definition) is 4. The highest BCUT2D eigenvalue weighted by Crippen LogP contribution is 2.23. The number of pyridine rings is 1. The minimum atomic E-state index is -0.980. The molecule has 19 heavy (non-hydrogen) atoms. The van der Waals surface area contributed by atoms with Gasteiger partial charge in [-0.25, -0.2) is 9.78 Å². The molecular formula is C12H16ClN3O3. The van der Waals surface area contributed by atoms with Gasteiger partial charge in [-0.05, 0) is 12.0 Å². The van der Waals surface area contributed by atoms with E-state index in [4.69, 9.17) is 22.4 Å². The molecule has 1 heterocycles. The third-order valence-corrected chi connectivity index (χ3v) is 3.19. The SMILES string of the molecule is CC[C@H](C)[C@H](Nc1ncc(C(N)=O)cc1Cl)C(=O)O. The number of carboxylic acid groups (broad SMARTS) is 1. The molecule has 0 aromatic carbocycles. The second-order valence-electron chi connectivity index (χ2n) is 4.26. The maximum absolute atomic E-state index is 11.2. The van der Waals surface area contributed by atoms with Crippen molar-refractivity contribution < 1.29 is 14.7 Å². The fourth-order valence-electron chi connectivity index (χ4n) is 1.51. The number of nitrogens with zero attached hydrogens (tertiary/aromatic N) is 1. The van der Waals surface area contributed by atoms with E-state index in [0.29, 0.717) is 6.42 Å². The molecule has 6 nitrogen and oxygen atoms in total. The van der Waals surface area contributed by atoms with Crippen molar-refractivity contribution in [2.45, 2.75) is 26.3 Å². The first-order chi connectivity index (χ1) is 8.86. The smallest absolute Gasteiger partial charge is 0.326 e. The predicted molar refractivity (Wildman–Crippen MR) is 72.3 cm³/mol. The molecule has 7 heteroatoms. The van der Waals surface area contributed by atoms with E-state index in [2.05, 4.69) is 10.3 Å². The number of nitrogens with two attached hydrogens (primary N) is 1. The Hall–Kier alpha value is -1.82. The number of primary amides is 1. The summed E-state index contributed by atoms with van der Waals surface area (Å²) in [5.41, 5.74) is 5.27. The van der Waals surface area contributed by atoms with Gasteiger partial charge in [0.25, 0.3) is 0 Å². The summed E-state index contributed by atoms with van der Waals surface area (Å²) in [6, 6.07) is 0.559. The average Bonchev–Trinajstić information content (AvgIpc) is 2.35. The molecule has 1 aromatic heterocycles. The molecule has 0 unspecified atom stereocenters. The number of carbonyl (C=O) groups excluding carboxylic acids is 1. The molecule has 0 radical (unpaired) electrons. The summed E-state index contributed by atoms with van der Waals surface area (Å²) in [7, 11) is 0. The van der Waals surface area contributed by atoms with Crippen molar-refractivity contribution >= 4 is 29.3 Å². The summed E-state index contributed by atoms with van der Waals surface area (Å²) in [6.07, 6.45) is 1.95. The van der Waals surface area contributed by atoms with Gasteiger partial charge in [0.15, 0.2) is 0 Å². The van der Waals surface area contributed by atoms with Gasteiger partial charge in [0.1, 0.15) is 11.9 Å². The minimum absolute atomic E-state index is 0.0915. The summed E-state index contributed by atoms with van der Waals surface area (Å²) in [5.74, 6) is -1.49. The number of hydrogen-bond donors (Lipinski definition) is 3. The minimum Gasteiger partial charge on any atom is -0.480 e. The van der Waals surface area contributed by atoms with E-state index in [1.807, 2.05) is 13.8 Å². The van der Waals surface area contributed by atoms with Crippen LogP contribution in [0.25, 0.3) is 0 Å². The average molecular weight is 286 g/mol. The summed E-state index contributed by atoms with van der Waals surface area (Å²) in [5, 5.41) is 12.1. The van der Waals surface area contributed by atoms with Crippen molar-refractivity contribution in [1.82, 2.24) is 4.98 Å². The van der Waals surface area contributed by atoms with E-state index in [1.165, 1.54) is 12.3 Å². The number of amides is 1. The standard InChI is InChI=1S/C12H16ClN3O3/c1-3-6(2)9(12(18)19)16-11-8(13)4-7(5-15-11)10(14)17/h4-6,9H,3H2,1-2H3,(H2,14,17)(H,15,16)(H,18,19)/t6-,9-/m0/s1. The third-order valence-electron chi connectivity index (χ3n) is 2.90. The first-order valence-corrected chi connectivity index (χ1v) is 6.19. The molecule has 0 spiro atoms. The lowest BCUT2D eigenvalue weighted by molar-refractivity contribution is -0.139. The van der Waals surface area contributed by atoms with Crippen molar-refractivity contribution in [2.75, 3.05) is 5.32 Å². The Morgan fingerprint density at radius 3 is 2.63 bits per heavy atom. The van der Waals surface area contributed by atoms with Crippen LogP contribution in [0, 0.1) is 5.92 Å². The van der Waals surface area contributed by atoms with E-state index in [9.17, 15) is 9.59 Å². The molecule has 0 saturated heterocycles. The monoisotopic (exact) mass is 285 g/mol. The maximum Gasteiger partial charge on any atom is 0.326 e. The molecule has 0 bridgehead atoms. The van der Waals surface area contributed by atoms with Crippen LogP contribution in [-0.2, 0) is 4.79 Å². The van der Waals surface area contributed by atoms with E-state index < -0.39 is 17.9 Å². The third kappa shape index (κ3) is 3.82. The van der Waals surface area contributed by atoms with Crippen molar-refractivity contribution in [3.63, 3.8) is 0 Å². The Morgan fingerprint density at radius 1 is 1.58 bits per heavy atom. The van der Waals surface area contributed by atoms with Crippen molar-refractivity contribution in [1.29, 1.82) is 0 Å². The summed E-state index contributed by atoms with van der Waals surface area (Å²) >= 11 is 5.94.